The summed E-state index contributed by atoms with van der Waals surface area (Å²) >= 11 is 6.77. The molecule has 1 fully saturated rings. The monoisotopic (exact) mass is 333 g/mol. The van der Waals surface area contributed by atoms with Crippen molar-refractivity contribution in [2.75, 3.05) is 13.1 Å². The average Bonchev–Trinajstić information content (AvgIpc) is 2.54. The second-order valence-corrected chi connectivity index (χ2v) is 5.01. The van der Waals surface area contributed by atoms with Crippen LogP contribution < -0.4 is 10.6 Å². The first-order chi connectivity index (χ1) is 7.08. The summed E-state index contributed by atoms with van der Waals surface area (Å²) in [6, 6.07) is 6.17. The molecule has 0 unspecified atom stereocenters. The van der Waals surface area contributed by atoms with E-state index in [0.29, 0.717) is 5.96 Å². The van der Waals surface area contributed by atoms with Gasteiger partial charge < -0.3 is 10.6 Å². The highest BCUT2D eigenvalue weighted by molar-refractivity contribution is 9.11. The minimum Gasteiger partial charge on any atom is -0.355 e. The van der Waals surface area contributed by atoms with E-state index in [0.717, 1.165) is 22.0 Å². The Morgan fingerprint density at radius 3 is 1.80 bits per heavy atom. The predicted molar refractivity (Wildman–Crippen MR) is 70.3 cm³/mol. The van der Waals surface area contributed by atoms with Gasteiger partial charge in [0.25, 0.3) is 0 Å². The number of guanidine groups is 1. The lowest BCUT2D eigenvalue weighted by Crippen LogP contribution is -2.21. The molecule has 1 aliphatic rings. The third-order valence-electron chi connectivity index (χ3n) is 1.74. The highest BCUT2D eigenvalue weighted by Crippen LogP contribution is 2.18. The topological polar surface area (TPSA) is 47.9 Å². The van der Waals surface area contributed by atoms with Crippen LogP contribution in [0.3, 0.4) is 0 Å². The van der Waals surface area contributed by atoms with Crippen LogP contribution in [0.2, 0.25) is 0 Å². The number of hydrogen-bond donors (Lipinski definition) is 3. The van der Waals surface area contributed by atoms with Crippen molar-refractivity contribution in [2.24, 2.45) is 0 Å². The van der Waals surface area contributed by atoms with E-state index < -0.39 is 0 Å². The SMILES string of the molecule is Cc1cc(Br)cc(Br)c1.N=C1NCCN1. The van der Waals surface area contributed by atoms with Gasteiger partial charge in [0.1, 0.15) is 0 Å². The van der Waals surface area contributed by atoms with Gasteiger partial charge in [-0.25, -0.2) is 0 Å². The summed E-state index contributed by atoms with van der Waals surface area (Å²) in [7, 11) is 0. The molecule has 3 N–H and O–H groups in total. The molecule has 1 aromatic carbocycles. The molecule has 1 saturated heterocycles. The van der Waals surface area contributed by atoms with Crippen LogP contribution in [0.15, 0.2) is 27.1 Å². The Morgan fingerprint density at radius 1 is 1.07 bits per heavy atom. The van der Waals surface area contributed by atoms with Crippen LogP contribution in [0.1, 0.15) is 5.56 Å². The zero-order chi connectivity index (χ0) is 11.3. The van der Waals surface area contributed by atoms with Crippen molar-refractivity contribution in [3.8, 4) is 0 Å². The Balaban J connectivity index is 0.000000162. The molecule has 0 saturated carbocycles. The van der Waals surface area contributed by atoms with E-state index in [1.807, 2.05) is 6.07 Å². The normalized spacial score (nSPS) is 13.7. The molecule has 3 nitrogen and oxygen atoms in total. The van der Waals surface area contributed by atoms with E-state index in [-0.39, 0.29) is 0 Å². The first-order valence-electron chi connectivity index (χ1n) is 4.57. The number of hydrogen-bond acceptors (Lipinski definition) is 1. The zero-order valence-corrected chi connectivity index (χ0v) is 11.6. The molecule has 0 radical (unpaired) electrons. The van der Waals surface area contributed by atoms with Gasteiger partial charge in [-0.3, -0.25) is 5.41 Å². The minimum atomic E-state index is 0.454. The number of benzene rings is 1. The van der Waals surface area contributed by atoms with Crippen molar-refractivity contribution in [1.29, 1.82) is 5.41 Å². The van der Waals surface area contributed by atoms with E-state index in [9.17, 15) is 0 Å². The molecule has 1 aliphatic heterocycles. The number of aryl methyl sites for hydroxylation is 1. The van der Waals surface area contributed by atoms with Crippen LogP contribution in [-0.2, 0) is 0 Å². The average molecular weight is 335 g/mol. The molecular formula is C10H13Br2N3. The Bertz CT molecular complexity index is 294. The van der Waals surface area contributed by atoms with Crippen LogP contribution >= 0.6 is 31.9 Å². The van der Waals surface area contributed by atoms with E-state index in [1.54, 1.807) is 0 Å². The summed E-state index contributed by atoms with van der Waals surface area (Å²) < 4.78 is 2.24. The summed E-state index contributed by atoms with van der Waals surface area (Å²) in [6.45, 7) is 3.87. The summed E-state index contributed by atoms with van der Waals surface area (Å²) in [5.41, 5.74) is 1.26. The third-order valence-corrected chi connectivity index (χ3v) is 2.65. The fourth-order valence-corrected chi connectivity index (χ4v) is 2.65. The molecule has 0 spiro atoms. The van der Waals surface area contributed by atoms with Crippen molar-refractivity contribution >= 4 is 37.8 Å². The van der Waals surface area contributed by atoms with Crippen molar-refractivity contribution in [3.05, 3.63) is 32.7 Å². The fourth-order valence-electron chi connectivity index (χ4n) is 1.13. The largest absolute Gasteiger partial charge is 0.355 e. The predicted octanol–water partition coefficient (Wildman–Crippen LogP) is 2.63. The van der Waals surface area contributed by atoms with E-state index in [4.69, 9.17) is 5.41 Å². The number of halogens is 2. The maximum atomic E-state index is 6.83. The first kappa shape index (κ1) is 12.5. The smallest absolute Gasteiger partial charge is 0.188 e. The first-order valence-corrected chi connectivity index (χ1v) is 6.15. The minimum absolute atomic E-state index is 0.454. The molecule has 5 heteroatoms. The molecular weight excluding hydrogens is 322 g/mol. The Hall–Kier alpha value is -0.550. The summed E-state index contributed by atoms with van der Waals surface area (Å²) in [4.78, 5) is 0. The van der Waals surface area contributed by atoms with Crippen molar-refractivity contribution in [2.45, 2.75) is 6.92 Å². The van der Waals surface area contributed by atoms with Crippen molar-refractivity contribution in [1.82, 2.24) is 10.6 Å². The molecule has 0 bridgehead atoms. The standard InChI is InChI=1S/C7H6Br2.C3H7N3/c1-5-2-6(8)4-7(9)3-5;4-3-5-1-2-6-3/h2-4H,1H3;1-2H2,(H3,4,5,6). The fraction of sp³-hybridized carbons (Fsp3) is 0.300. The van der Waals surface area contributed by atoms with Gasteiger partial charge in [-0.05, 0) is 30.7 Å². The van der Waals surface area contributed by atoms with Crippen molar-refractivity contribution < 1.29 is 0 Å². The van der Waals surface area contributed by atoms with Crippen LogP contribution in [0.4, 0.5) is 0 Å². The molecule has 1 heterocycles. The van der Waals surface area contributed by atoms with E-state index in [1.165, 1.54) is 5.56 Å². The molecule has 0 aliphatic carbocycles. The van der Waals surface area contributed by atoms with Crippen LogP contribution in [0.25, 0.3) is 0 Å². The van der Waals surface area contributed by atoms with Crippen molar-refractivity contribution in [3.63, 3.8) is 0 Å². The van der Waals surface area contributed by atoms with Gasteiger partial charge in [0.05, 0.1) is 0 Å². The molecule has 82 valence electrons. The van der Waals surface area contributed by atoms with Crippen LogP contribution in [0, 0.1) is 12.3 Å². The van der Waals surface area contributed by atoms with Gasteiger partial charge in [-0.15, -0.1) is 0 Å². The molecule has 2 rings (SSSR count). The highest BCUT2D eigenvalue weighted by Gasteiger charge is 1.98. The number of rotatable bonds is 0. The van der Waals surface area contributed by atoms with Gasteiger partial charge in [0.2, 0.25) is 0 Å². The second kappa shape index (κ2) is 6.12. The summed E-state index contributed by atoms with van der Waals surface area (Å²) in [6.07, 6.45) is 0. The van der Waals surface area contributed by atoms with Gasteiger partial charge in [0.15, 0.2) is 5.96 Å². The third kappa shape index (κ3) is 5.18. The lowest BCUT2D eigenvalue weighted by Gasteiger charge is -1.94. The van der Waals surface area contributed by atoms with Crippen LogP contribution in [0.5, 0.6) is 0 Å². The quantitative estimate of drug-likeness (QED) is 0.683. The summed E-state index contributed by atoms with van der Waals surface area (Å²) in [5, 5.41) is 12.4. The van der Waals surface area contributed by atoms with E-state index in [2.05, 4.69) is 61.5 Å². The Morgan fingerprint density at radius 2 is 1.53 bits per heavy atom. The van der Waals surface area contributed by atoms with E-state index >= 15 is 0 Å². The molecule has 0 aromatic heterocycles. The second-order valence-electron chi connectivity index (χ2n) is 3.18. The lowest BCUT2D eigenvalue weighted by molar-refractivity contribution is 0.942. The zero-order valence-electron chi connectivity index (χ0n) is 8.40. The number of nitrogens with one attached hydrogen (secondary N) is 3. The maximum Gasteiger partial charge on any atom is 0.188 e. The summed E-state index contributed by atoms with van der Waals surface area (Å²) in [5.74, 6) is 0.454. The van der Waals surface area contributed by atoms with Gasteiger partial charge in [0, 0.05) is 22.0 Å². The maximum absolute atomic E-state index is 6.83. The molecule has 0 amide bonds. The highest BCUT2D eigenvalue weighted by atomic mass is 79.9. The van der Waals surface area contributed by atoms with Gasteiger partial charge in [-0.1, -0.05) is 31.9 Å². The van der Waals surface area contributed by atoms with Gasteiger partial charge >= 0.3 is 0 Å². The van der Waals surface area contributed by atoms with Gasteiger partial charge in [-0.2, -0.15) is 0 Å². The Kier molecular flexibility index (Phi) is 5.11. The lowest BCUT2D eigenvalue weighted by atomic mass is 10.2. The molecule has 1 aromatic rings. The Labute approximate surface area is 106 Å². The molecule has 15 heavy (non-hydrogen) atoms. The molecule has 0 atom stereocenters. The van der Waals surface area contributed by atoms with Crippen LogP contribution in [-0.4, -0.2) is 19.0 Å².